The number of aromatic amines is 1. The number of alkyl halides is 3. The van der Waals surface area contributed by atoms with Crippen LogP contribution in [-0.4, -0.2) is 52.7 Å². The Hall–Kier alpha value is -2.01. The maximum Gasteiger partial charge on any atom is 0.416 e. The third kappa shape index (κ3) is 5.43. The first-order valence-corrected chi connectivity index (χ1v) is 10.2. The molecule has 31 heavy (non-hydrogen) atoms. The first-order valence-electron chi connectivity index (χ1n) is 9.37. The van der Waals surface area contributed by atoms with Crippen molar-refractivity contribution in [1.29, 1.82) is 0 Å². The molecule has 0 bridgehead atoms. The topological polar surface area (TPSA) is 71.1 Å². The van der Waals surface area contributed by atoms with Crippen molar-refractivity contribution in [3.05, 3.63) is 56.4 Å². The second-order valence-corrected chi connectivity index (χ2v) is 7.87. The van der Waals surface area contributed by atoms with Crippen LogP contribution in [0.4, 0.5) is 13.2 Å². The lowest BCUT2D eigenvalue weighted by molar-refractivity contribution is -0.137. The first kappa shape index (κ1) is 23.6. The molecule has 0 amide bonds. The molecule has 1 fully saturated rings. The van der Waals surface area contributed by atoms with E-state index in [-0.39, 0.29) is 23.9 Å². The van der Waals surface area contributed by atoms with Crippen LogP contribution in [0.1, 0.15) is 11.1 Å². The van der Waals surface area contributed by atoms with E-state index in [4.69, 9.17) is 4.74 Å². The zero-order valence-electron chi connectivity index (χ0n) is 16.2. The predicted molar refractivity (Wildman–Crippen MR) is 117 cm³/mol. The van der Waals surface area contributed by atoms with Crippen LogP contribution in [0.3, 0.4) is 0 Å². The fraction of sp³-hybridized carbons (Fsp3) is 0.350. The molecule has 11 heteroatoms. The van der Waals surface area contributed by atoms with Crippen LogP contribution in [0.2, 0.25) is 0 Å². The normalized spacial score (nSPS) is 15.1. The summed E-state index contributed by atoms with van der Waals surface area (Å²) in [6.45, 7) is 4.04. The summed E-state index contributed by atoms with van der Waals surface area (Å²) in [4.78, 5) is 25.8. The Bertz CT molecular complexity index is 1130. The number of ether oxygens (including phenoxy) is 1. The summed E-state index contributed by atoms with van der Waals surface area (Å²) in [7, 11) is 0. The van der Waals surface area contributed by atoms with Gasteiger partial charge in [-0.05, 0) is 52.2 Å². The number of H-pyrrole nitrogens is 1. The van der Waals surface area contributed by atoms with E-state index in [2.05, 4.69) is 35.8 Å². The molecular weight excluding hydrogens is 501 g/mol. The number of aromatic nitrogens is 3. The van der Waals surface area contributed by atoms with Crippen molar-refractivity contribution in [3.63, 3.8) is 0 Å². The van der Waals surface area contributed by atoms with Crippen LogP contribution >= 0.6 is 28.3 Å². The molecule has 0 aliphatic carbocycles. The van der Waals surface area contributed by atoms with Gasteiger partial charge in [0.1, 0.15) is 5.69 Å². The van der Waals surface area contributed by atoms with Crippen LogP contribution < -0.4 is 5.56 Å². The molecular formula is C20H19BrClF3N4O2. The minimum Gasteiger partial charge on any atom is -0.379 e. The van der Waals surface area contributed by atoms with Crippen molar-refractivity contribution in [2.45, 2.75) is 12.6 Å². The average Bonchev–Trinajstić information content (AvgIpc) is 2.73. The summed E-state index contributed by atoms with van der Waals surface area (Å²) in [5.41, 5.74) is 0.0178. The van der Waals surface area contributed by atoms with E-state index in [0.29, 0.717) is 15.4 Å². The van der Waals surface area contributed by atoms with Crippen molar-refractivity contribution >= 4 is 39.2 Å². The smallest absolute Gasteiger partial charge is 0.379 e. The molecule has 4 rings (SSSR count). The minimum absolute atomic E-state index is 0. The van der Waals surface area contributed by atoms with Crippen LogP contribution in [0.5, 0.6) is 0 Å². The Kier molecular flexibility index (Phi) is 7.35. The van der Waals surface area contributed by atoms with Gasteiger partial charge < -0.3 is 9.72 Å². The van der Waals surface area contributed by atoms with Gasteiger partial charge in [-0.1, -0.05) is 0 Å². The summed E-state index contributed by atoms with van der Waals surface area (Å²) >= 11 is 3.45. The highest BCUT2D eigenvalue weighted by Gasteiger charge is 2.31. The number of morpholine rings is 1. The molecule has 1 aliphatic heterocycles. The van der Waals surface area contributed by atoms with Crippen LogP contribution in [0, 0.1) is 0 Å². The van der Waals surface area contributed by atoms with Gasteiger partial charge in [0.15, 0.2) is 5.82 Å². The molecule has 0 unspecified atom stereocenters. The lowest BCUT2D eigenvalue weighted by atomic mass is 10.1. The van der Waals surface area contributed by atoms with Crippen molar-refractivity contribution in [2.75, 3.05) is 32.8 Å². The average molecular weight is 520 g/mol. The quantitative estimate of drug-likeness (QED) is 0.563. The van der Waals surface area contributed by atoms with Crippen LogP contribution in [0.25, 0.3) is 22.4 Å². The zero-order chi connectivity index (χ0) is 21.3. The molecule has 3 aromatic rings. The van der Waals surface area contributed by atoms with Crippen LogP contribution in [0.15, 0.2) is 39.7 Å². The molecule has 0 atom stereocenters. The third-order valence-electron chi connectivity index (χ3n) is 4.97. The van der Waals surface area contributed by atoms with E-state index >= 15 is 0 Å². The molecule has 3 heterocycles. The van der Waals surface area contributed by atoms with Crippen molar-refractivity contribution in [2.24, 2.45) is 0 Å². The lowest BCUT2D eigenvalue weighted by Crippen LogP contribution is -2.37. The number of hydrogen-bond donors (Lipinski definition) is 1. The van der Waals surface area contributed by atoms with Crippen molar-refractivity contribution in [1.82, 2.24) is 19.9 Å². The van der Waals surface area contributed by atoms with Gasteiger partial charge >= 0.3 is 6.18 Å². The predicted octanol–water partition coefficient (Wildman–Crippen LogP) is 4.06. The maximum atomic E-state index is 13.0. The van der Waals surface area contributed by atoms with E-state index in [1.807, 2.05) is 6.07 Å². The molecule has 6 nitrogen and oxygen atoms in total. The molecule has 0 saturated carbocycles. The highest BCUT2D eigenvalue weighted by Crippen LogP contribution is 2.31. The number of nitrogens with one attached hydrogen (secondary N) is 1. The van der Waals surface area contributed by atoms with E-state index in [9.17, 15) is 18.0 Å². The number of nitrogens with zero attached hydrogens (tertiary/aromatic N) is 3. The van der Waals surface area contributed by atoms with E-state index in [1.54, 1.807) is 6.07 Å². The van der Waals surface area contributed by atoms with E-state index < -0.39 is 17.3 Å². The molecule has 1 aliphatic rings. The summed E-state index contributed by atoms with van der Waals surface area (Å²) < 4.78 is 44.9. The van der Waals surface area contributed by atoms with Gasteiger partial charge in [0.25, 0.3) is 5.56 Å². The number of hydrogen-bond acceptors (Lipinski definition) is 5. The van der Waals surface area contributed by atoms with E-state index in [0.717, 1.165) is 63.2 Å². The Morgan fingerprint density at radius 1 is 1.19 bits per heavy atom. The van der Waals surface area contributed by atoms with Crippen LogP contribution in [-0.2, 0) is 17.3 Å². The van der Waals surface area contributed by atoms with Gasteiger partial charge in [-0.2, -0.15) is 13.2 Å². The van der Waals surface area contributed by atoms with Gasteiger partial charge in [-0.15, -0.1) is 12.4 Å². The lowest BCUT2D eigenvalue weighted by Gasteiger charge is -2.26. The molecule has 0 radical (unpaired) electrons. The molecule has 1 N–H and O–H groups in total. The molecule has 1 aromatic carbocycles. The Morgan fingerprint density at radius 3 is 2.65 bits per heavy atom. The van der Waals surface area contributed by atoms with Gasteiger partial charge in [-0.3, -0.25) is 14.7 Å². The summed E-state index contributed by atoms with van der Waals surface area (Å²) in [5, 5.41) is 0.372. The number of halogens is 5. The summed E-state index contributed by atoms with van der Waals surface area (Å²) in [6.07, 6.45) is -2.71. The number of fused-ring (bicyclic) bond motifs is 1. The second-order valence-electron chi connectivity index (χ2n) is 7.02. The van der Waals surface area contributed by atoms with Crippen molar-refractivity contribution in [3.8, 4) is 11.5 Å². The van der Waals surface area contributed by atoms with E-state index in [1.165, 1.54) is 0 Å². The van der Waals surface area contributed by atoms with Gasteiger partial charge in [0.2, 0.25) is 0 Å². The minimum atomic E-state index is -4.51. The molecule has 2 aromatic heterocycles. The number of benzene rings is 1. The number of pyridine rings is 1. The first-order chi connectivity index (χ1) is 14.3. The maximum absolute atomic E-state index is 13.0. The fourth-order valence-corrected chi connectivity index (χ4v) is 3.97. The highest BCUT2D eigenvalue weighted by atomic mass is 79.9. The molecule has 1 saturated heterocycles. The van der Waals surface area contributed by atoms with Crippen molar-refractivity contribution < 1.29 is 17.9 Å². The van der Waals surface area contributed by atoms with Gasteiger partial charge in [0.05, 0.1) is 29.7 Å². The fourth-order valence-electron chi connectivity index (χ4n) is 3.37. The molecule has 166 valence electrons. The summed E-state index contributed by atoms with van der Waals surface area (Å²) in [5.74, 6) is -0.0135. The van der Waals surface area contributed by atoms with Gasteiger partial charge in [0, 0.05) is 30.3 Å². The SMILES string of the molecule is Cl.O=c1[nH]c(-c2cc(C(F)(F)F)ccn2)nc2c(Br)cc(CCN3CCOCC3)cc12. The standard InChI is InChI=1S/C20H18BrF3N4O2.ClH/c21-15-10-12(2-4-28-5-7-30-8-6-28)9-14-17(15)26-18(27-19(14)29)16-11-13(1-3-25-16)20(22,23)24;/h1,3,9-11H,2,4-8H2,(H,26,27,29);1H. The number of rotatable bonds is 4. The largest absolute Gasteiger partial charge is 0.416 e. The monoisotopic (exact) mass is 518 g/mol. The van der Waals surface area contributed by atoms with Gasteiger partial charge in [-0.25, -0.2) is 4.98 Å². The third-order valence-corrected chi connectivity index (χ3v) is 5.58. The highest BCUT2D eigenvalue weighted by molar-refractivity contribution is 9.10. The zero-order valence-corrected chi connectivity index (χ0v) is 18.6. The Morgan fingerprint density at radius 2 is 1.94 bits per heavy atom. The Balaban J connectivity index is 0.00000272. The Labute approximate surface area is 190 Å². The molecule has 0 spiro atoms. The summed E-state index contributed by atoms with van der Waals surface area (Å²) in [6, 6.07) is 5.41. The second kappa shape index (κ2) is 9.64.